The van der Waals surface area contributed by atoms with E-state index in [1.807, 2.05) is 18.2 Å². The lowest BCUT2D eigenvalue weighted by molar-refractivity contribution is -0.141. The van der Waals surface area contributed by atoms with Gasteiger partial charge in [0.2, 0.25) is 0 Å². The van der Waals surface area contributed by atoms with Gasteiger partial charge in [-0.1, -0.05) is 44.2 Å². The summed E-state index contributed by atoms with van der Waals surface area (Å²) in [6.07, 6.45) is 1.82. The lowest BCUT2D eigenvalue weighted by atomic mass is 9.63. The number of rotatable bonds is 5. The Morgan fingerprint density at radius 1 is 1.36 bits per heavy atom. The molecule has 0 heterocycles. The van der Waals surface area contributed by atoms with Crippen LogP contribution >= 0.6 is 0 Å². The van der Waals surface area contributed by atoms with Crippen LogP contribution in [0.4, 0.5) is 4.79 Å². The molecule has 5 nitrogen and oxygen atoms in total. The number of urea groups is 1. The summed E-state index contributed by atoms with van der Waals surface area (Å²) in [6.45, 7) is 4.02. The fourth-order valence-corrected chi connectivity index (χ4v) is 3.06. The van der Waals surface area contributed by atoms with Crippen LogP contribution in [0.2, 0.25) is 0 Å². The minimum absolute atomic E-state index is 0.117. The van der Waals surface area contributed by atoms with E-state index >= 15 is 0 Å². The fourth-order valence-electron chi connectivity index (χ4n) is 3.06. The van der Waals surface area contributed by atoms with E-state index in [1.54, 1.807) is 14.0 Å². The highest BCUT2D eigenvalue weighted by atomic mass is 16.4. The van der Waals surface area contributed by atoms with Crippen LogP contribution in [0, 0.1) is 5.92 Å². The predicted molar refractivity (Wildman–Crippen MR) is 84.8 cm³/mol. The van der Waals surface area contributed by atoms with Crippen LogP contribution in [0.5, 0.6) is 0 Å². The molecule has 0 aliphatic heterocycles. The molecule has 1 aromatic rings. The van der Waals surface area contributed by atoms with Crippen molar-refractivity contribution in [3.63, 3.8) is 0 Å². The molecule has 1 aromatic carbocycles. The number of hydrogen-bond acceptors (Lipinski definition) is 2. The maximum atomic E-state index is 12.1. The Bertz CT molecular complexity index is 538. The van der Waals surface area contributed by atoms with Crippen molar-refractivity contribution in [2.45, 2.75) is 38.1 Å². The van der Waals surface area contributed by atoms with E-state index in [2.05, 4.69) is 24.4 Å². The largest absolute Gasteiger partial charge is 0.481 e. The molecule has 0 spiro atoms. The number of nitrogens with one attached hydrogen (secondary N) is 1. The molecule has 2 N–H and O–H groups in total. The van der Waals surface area contributed by atoms with Crippen LogP contribution in [0.3, 0.4) is 0 Å². The first kappa shape index (κ1) is 16.3. The lowest BCUT2D eigenvalue weighted by Gasteiger charge is -2.46. The lowest BCUT2D eigenvalue weighted by Crippen LogP contribution is -2.54. The highest BCUT2D eigenvalue weighted by Crippen LogP contribution is 2.43. The van der Waals surface area contributed by atoms with Crippen LogP contribution in [-0.2, 0) is 10.2 Å². The molecule has 1 unspecified atom stereocenters. The van der Waals surface area contributed by atoms with Crippen molar-refractivity contribution in [3.05, 3.63) is 35.9 Å². The standard InChI is InChI=1S/C17H24N2O3/c1-12(15(20)21)11-19(3)16(22)18-14-9-17(2,10-14)13-7-5-4-6-8-13/h4-8,12,14H,9-11H2,1-3H3,(H,18,22)(H,20,21). The monoisotopic (exact) mass is 304 g/mol. The number of carbonyl (C=O) groups is 2. The van der Waals surface area contributed by atoms with E-state index in [0.29, 0.717) is 0 Å². The third-order valence-corrected chi connectivity index (χ3v) is 4.51. The summed E-state index contributed by atoms with van der Waals surface area (Å²) in [5.41, 5.74) is 1.42. The average Bonchev–Trinajstić information content (AvgIpc) is 2.46. The maximum absolute atomic E-state index is 12.1. The van der Waals surface area contributed by atoms with Gasteiger partial charge in [0.15, 0.2) is 0 Å². The molecule has 0 bridgehead atoms. The SMILES string of the molecule is CC(CN(C)C(=O)NC1CC(C)(c2ccccc2)C1)C(=O)O. The van der Waals surface area contributed by atoms with Gasteiger partial charge in [-0.3, -0.25) is 4.79 Å². The Morgan fingerprint density at radius 2 is 1.95 bits per heavy atom. The van der Waals surface area contributed by atoms with Gasteiger partial charge in [-0.15, -0.1) is 0 Å². The van der Waals surface area contributed by atoms with Crippen molar-refractivity contribution in [3.8, 4) is 0 Å². The molecule has 0 radical (unpaired) electrons. The second-order valence-electron chi connectivity index (χ2n) is 6.60. The predicted octanol–water partition coefficient (Wildman–Crippen LogP) is 2.47. The smallest absolute Gasteiger partial charge is 0.317 e. The number of carboxylic acid groups (broad SMARTS) is 1. The summed E-state index contributed by atoms with van der Waals surface area (Å²) >= 11 is 0. The summed E-state index contributed by atoms with van der Waals surface area (Å²) in [7, 11) is 1.63. The molecule has 22 heavy (non-hydrogen) atoms. The van der Waals surface area contributed by atoms with Crippen molar-refractivity contribution in [2.75, 3.05) is 13.6 Å². The number of carboxylic acids is 1. The quantitative estimate of drug-likeness (QED) is 0.878. The zero-order valence-electron chi connectivity index (χ0n) is 13.4. The van der Waals surface area contributed by atoms with Crippen LogP contribution in [0.25, 0.3) is 0 Å². The second-order valence-corrected chi connectivity index (χ2v) is 6.60. The molecular weight excluding hydrogens is 280 g/mol. The number of benzene rings is 1. The van der Waals surface area contributed by atoms with Gasteiger partial charge in [0, 0.05) is 19.6 Å². The van der Waals surface area contributed by atoms with Crippen LogP contribution < -0.4 is 5.32 Å². The molecule has 1 atom stereocenters. The normalized spacial score (nSPS) is 25.0. The Morgan fingerprint density at radius 3 is 2.50 bits per heavy atom. The van der Waals surface area contributed by atoms with Crippen molar-refractivity contribution in [1.29, 1.82) is 0 Å². The van der Waals surface area contributed by atoms with Gasteiger partial charge in [-0.25, -0.2) is 4.79 Å². The molecule has 1 saturated carbocycles. The van der Waals surface area contributed by atoms with Gasteiger partial charge >= 0.3 is 12.0 Å². The third kappa shape index (κ3) is 3.59. The Hall–Kier alpha value is -2.04. The number of amides is 2. The van der Waals surface area contributed by atoms with Crippen molar-refractivity contribution >= 4 is 12.0 Å². The summed E-state index contributed by atoms with van der Waals surface area (Å²) in [5.74, 6) is -1.45. The van der Waals surface area contributed by atoms with Gasteiger partial charge in [-0.05, 0) is 23.8 Å². The van der Waals surface area contributed by atoms with Gasteiger partial charge in [0.05, 0.1) is 5.92 Å². The Balaban J connectivity index is 1.82. The number of aliphatic carboxylic acids is 1. The number of hydrogen-bond donors (Lipinski definition) is 2. The molecule has 0 aromatic heterocycles. The molecule has 2 rings (SSSR count). The van der Waals surface area contributed by atoms with Crippen molar-refractivity contribution < 1.29 is 14.7 Å². The minimum Gasteiger partial charge on any atom is -0.481 e. The maximum Gasteiger partial charge on any atom is 0.317 e. The van der Waals surface area contributed by atoms with Gasteiger partial charge in [-0.2, -0.15) is 0 Å². The molecule has 0 saturated heterocycles. The summed E-state index contributed by atoms with van der Waals surface area (Å²) in [6, 6.07) is 10.3. The average molecular weight is 304 g/mol. The highest BCUT2D eigenvalue weighted by molar-refractivity contribution is 5.76. The molecular formula is C17H24N2O3. The van der Waals surface area contributed by atoms with E-state index in [4.69, 9.17) is 5.11 Å². The first-order chi connectivity index (χ1) is 10.3. The Labute approximate surface area is 131 Å². The van der Waals surface area contributed by atoms with Crippen LogP contribution in [0.15, 0.2) is 30.3 Å². The fraction of sp³-hybridized carbons (Fsp3) is 0.529. The zero-order chi connectivity index (χ0) is 16.3. The van der Waals surface area contributed by atoms with Crippen molar-refractivity contribution in [1.82, 2.24) is 10.2 Å². The first-order valence-corrected chi connectivity index (χ1v) is 7.62. The molecule has 2 amide bonds. The van der Waals surface area contributed by atoms with Crippen LogP contribution in [-0.4, -0.2) is 41.6 Å². The van der Waals surface area contributed by atoms with Gasteiger partial charge in [0.1, 0.15) is 0 Å². The first-order valence-electron chi connectivity index (χ1n) is 7.62. The van der Waals surface area contributed by atoms with E-state index < -0.39 is 11.9 Å². The molecule has 1 fully saturated rings. The number of nitrogens with zero attached hydrogens (tertiary/aromatic N) is 1. The van der Waals surface area contributed by atoms with Crippen LogP contribution in [0.1, 0.15) is 32.3 Å². The number of carbonyl (C=O) groups excluding carboxylic acids is 1. The second kappa shape index (κ2) is 6.38. The zero-order valence-corrected chi connectivity index (χ0v) is 13.4. The summed E-state index contributed by atoms with van der Waals surface area (Å²) in [5, 5.41) is 11.9. The third-order valence-electron chi connectivity index (χ3n) is 4.51. The van der Waals surface area contributed by atoms with Crippen molar-refractivity contribution in [2.24, 2.45) is 5.92 Å². The topological polar surface area (TPSA) is 69.6 Å². The highest BCUT2D eigenvalue weighted by Gasteiger charge is 2.42. The van der Waals surface area contributed by atoms with E-state index in [0.717, 1.165) is 12.8 Å². The van der Waals surface area contributed by atoms with E-state index in [1.165, 1.54) is 10.5 Å². The summed E-state index contributed by atoms with van der Waals surface area (Å²) in [4.78, 5) is 24.3. The van der Waals surface area contributed by atoms with E-state index in [9.17, 15) is 9.59 Å². The molecule has 1 aliphatic carbocycles. The summed E-state index contributed by atoms with van der Waals surface area (Å²) < 4.78 is 0. The van der Waals surface area contributed by atoms with Gasteiger partial charge < -0.3 is 15.3 Å². The molecule has 5 heteroatoms. The molecule has 1 aliphatic rings. The van der Waals surface area contributed by atoms with Gasteiger partial charge in [0.25, 0.3) is 0 Å². The molecule has 120 valence electrons. The van der Waals surface area contributed by atoms with E-state index in [-0.39, 0.29) is 24.0 Å². The minimum atomic E-state index is -0.889. The Kier molecular flexibility index (Phi) is 4.74.